The molecule has 20 heavy (non-hydrogen) atoms. The zero-order valence-electron chi connectivity index (χ0n) is 11.9. The van der Waals surface area contributed by atoms with E-state index < -0.39 is 0 Å². The highest BCUT2D eigenvalue weighted by Gasteiger charge is 2.10. The van der Waals surface area contributed by atoms with Crippen LogP contribution in [0.25, 0.3) is 0 Å². The van der Waals surface area contributed by atoms with Gasteiger partial charge < -0.3 is 0 Å². The standard InChI is InChI=1S/C16H18N4/c1-19-9-7-17-15(19)11-13-3-5-14(6-4-13)12-16-18-8-10-20(16)2/h3-10H,11-12H2,1-2H3/p+2. The van der Waals surface area contributed by atoms with Gasteiger partial charge in [0, 0.05) is 0 Å². The monoisotopic (exact) mass is 268 g/mol. The highest BCUT2D eigenvalue weighted by atomic mass is 15.0. The molecule has 2 aromatic heterocycles. The number of benzene rings is 1. The minimum absolute atomic E-state index is 0.931. The van der Waals surface area contributed by atoms with Crippen LogP contribution in [-0.2, 0) is 26.9 Å². The molecule has 1 aromatic carbocycles. The van der Waals surface area contributed by atoms with Crippen LogP contribution >= 0.6 is 0 Å². The first-order valence-electron chi connectivity index (χ1n) is 6.84. The molecule has 0 bridgehead atoms. The van der Waals surface area contributed by atoms with Crippen molar-refractivity contribution in [2.24, 2.45) is 14.1 Å². The Morgan fingerprint density at radius 1 is 0.750 bits per heavy atom. The Bertz CT molecular complexity index is 630. The summed E-state index contributed by atoms with van der Waals surface area (Å²) in [5.41, 5.74) is 2.64. The SMILES string of the molecule is C[n+]1cc[nH]c1Cc1ccc(Cc2[nH]cc[n+]2C)cc1. The zero-order chi connectivity index (χ0) is 13.9. The lowest BCUT2D eigenvalue weighted by Crippen LogP contribution is -2.30. The average molecular weight is 268 g/mol. The number of nitrogens with zero attached hydrogens (tertiary/aromatic N) is 2. The number of rotatable bonds is 4. The maximum absolute atomic E-state index is 3.27. The van der Waals surface area contributed by atoms with Gasteiger partial charge in [-0.15, -0.1) is 0 Å². The Kier molecular flexibility index (Phi) is 3.37. The second kappa shape index (κ2) is 5.33. The fraction of sp³-hybridized carbons (Fsp3) is 0.250. The summed E-state index contributed by atoms with van der Waals surface area (Å²) >= 11 is 0. The Hall–Kier alpha value is -2.36. The first-order valence-corrected chi connectivity index (χ1v) is 6.84. The van der Waals surface area contributed by atoms with Crippen LogP contribution in [0.5, 0.6) is 0 Å². The number of hydrogen-bond donors (Lipinski definition) is 2. The van der Waals surface area contributed by atoms with Gasteiger partial charge in [-0.05, 0) is 11.1 Å². The third-order valence-electron chi connectivity index (χ3n) is 3.71. The van der Waals surface area contributed by atoms with Gasteiger partial charge in [0.05, 0.1) is 26.9 Å². The van der Waals surface area contributed by atoms with E-state index in [-0.39, 0.29) is 0 Å². The third-order valence-corrected chi connectivity index (χ3v) is 3.71. The van der Waals surface area contributed by atoms with E-state index in [2.05, 4.69) is 57.5 Å². The summed E-state index contributed by atoms with van der Waals surface area (Å²) in [5, 5.41) is 0. The predicted molar refractivity (Wildman–Crippen MR) is 76.0 cm³/mol. The molecular formula is C16H20N4+2. The molecule has 0 aliphatic rings. The molecule has 4 nitrogen and oxygen atoms in total. The number of H-pyrrole nitrogens is 2. The zero-order valence-corrected chi connectivity index (χ0v) is 11.9. The number of hydrogen-bond acceptors (Lipinski definition) is 0. The average Bonchev–Trinajstić information content (AvgIpc) is 3.02. The fourth-order valence-corrected chi connectivity index (χ4v) is 2.39. The van der Waals surface area contributed by atoms with E-state index in [9.17, 15) is 0 Å². The van der Waals surface area contributed by atoms with Crippen LogP contribution in [0.4, 0.5) is 0 Å². The molecule has 0 spiro atoms. The molecule has 2 N–H and O–H groups in total. The Balaban J connectivity index is 1.72. The quantitative estimate of drug-likeness (QED) is 0.667. The van der Waals surface area contributed by atoms with Crippen molar-refractivity contribution >= 4 is 0 Å². The van der Waals surface area contributed by atoms with Gasteiger partial charge in [-0.1, -0.05) is 24.3 Å². The Morgan fingerprint density at radius 2 is 1.15 bits per heavy atom. The van der Waals surface area contributed by atoms with E-state index in [1.54, 1.807) is 0 Å². The van der Waals surface area contributed by atoms with E-state index >= 15 is 0 Å². The van der Waals surface area contributed by atoms with Gasteiger partial charge >= 0.3 is 0 Å². The van der Waals surface area contributed by atoms with Crippen molar-refractivity contribution in [3.63, 3.8) is 0 Å². The Labute approximate surface area is 118 Å². The molecular weight excluding hydrogens is 248 g/mol. The third kappa shape index (κ3) is 2.64. The van der Waals surface area contributed by atoms with Gasteiger partial charge in [-0.3, -0.25) is 0 Å². The summed E-state index contributed by atoms with van der Waals surface area (Å²) < 4.78 is 4.24. The molecule has 0 radical (unpaired) electrons. The Morgan fingerprint density at radius 3 is 1.45 bits per heavy atom. The van der Waals surface area contributed by atoms with Crippen molar-refractivity contribution in [2.75, 3.05) is 0 Å². The van der Waals surface area contributed by atoms with E-state index in [4.69, 9.17) is 0 Å². The topological polar surface area (TPSA) is 39.3 Å². The van der Waals surface area contributed by atoms with Crippen molar-refractivity contribution in [3.05, 3.63) is 71.8 Å². The molecule has 3 rings (SSSR count). The molecule has 0 amide bonds. The highest BCUT2D eigenvalue weighted by Crippen LogP contribution is 2.09. The molecule has 0 aliphatic carbocycles. The molecule has 0 fully saturated rings. The number of nitrogens with one attached hydrogen (secondary N) is 2. The number of aromatic amines is 2. The van der Waals surface area contributed by atoms with Crippen molar-refractivity contribution in [1.29, 1.82) is 0 Å². The molecule has 0 atom stereocenters. The molecule has 0 unspecified atom stereocenters. The van der Waals surface area contributed by atoms with Gasteiger partial charge in [0.15, 0.2) is 0 Å². The highest BCUT2D eigenvalue weighted by molar-refractivity contribution is 5.25. The smallest absolute Gasteiger partial charge is 0.247 e. The van der Waals surface area contributed by atoms with Crippen LogP contribution in [0, 0.1) is 0 Å². The second-order valence-electron chi connectivity index (χ2n) is 5.21. The predicted octanol–water partition coefficient (Wildman–Crippen LogP) is 1.17. The normalized spacial score (nSPS) is 10.9. The van der Waals surface area contributed by atoms with Crippen LogP contribution in [0.1, 0.15) is 22.8 Å². The second-order valence-corrected chi connectivity index (χ2v) is 5.21. The van der Waals surface area contributed by atoms with Gasteiger partial charge in [0.25, 0.3) is 11.6 Å². The number of aromatic nitrogens is 4. The fourth-order valence-electron chi connectivity index (χ4n) is 2.39. The lowest BCUT2D eigenvalue weighted by Gasteiger charge is -2.01. The summed E-state index contributed by atoms with van der Waals surface area (Å²) in [5.74, 6) is 2.43. The van der Waals surface area contributed by atoms with E-state index in [1.807, 2.05) is 24.8 Å². The van der Waals surface area contributed by atoms with E-state index in [0.29, 0.717) is 0 Å². The van der Waals surface area contributed by atoms with Crippen LogP contribution < -0.4 is 9.13 Å². The maximum atomic E-state index is 3.27. The summed E-state index contributed by atoms with van der Waals surface area (Å²) in [4.78, 5) is 6.53. The summed E-state index contributed by atoms with van der Waals surface area (Å²) in [7, 11) is 4.12. The molecule has 0 aliphatic heterocycles. The van der Waals surface area contributed by atoms with Crippen LogP contribution in [0.15, 0.2) is 49.1 Å². The van der Waals surface area contributed by atoms with Crippen LogP contribution in [-0.4, -0.2) is 9.97 Å². The van der Waals surface area contributed by atoms with Gasteiger partial charge in [-0.2, -0.15) is 0 Å². The van der Waals surface area contributed by atoms with E-state index in [0.717, 1.165) is 12.8 Å². The molecule has 2 heterocycles. The minimum Gasteiger partial charge on any atom is -0.247 e. The van der Waals surface area contributed by atoms with Crippen LogP contribution in [0.3, 0.4) is 0 Å². The molecule has 4 heteroatoms. The van der Waals surface area contributed by atoms with Crippen LogP contribution in [0.2, 0.25) is 0 Å². The summed E-state index contributed by atoms with van der Waals surface area (Å²) in [6, 6.07) is 8.83. The van der Waals surface area contributed by atoms with Crippen molar-refractivity contribution in [2.45, 2.75) is 12.8 Å². The number of aryl methyl sites for hydroxylation is 2. The molecule has 102 valence electrons. The maximum Gasteiger partial charge on any atom is 0.258 e. The largest absolute Gasteiger partial charge is 0.258 e. The van der Waals surface area contributed by atoms with Crippen molar-refractivity contribution < 1.29 is 9.13 Å². The lowest BCUT2D eigenvalue weighted by atomic mass is 10.1. The first kappa shape index (κ1) is 12.7. The molecule has 0 saturated heterocycles. The van der Waals surface area contributed by atoms with Gasteiger partial charge in [0.2, 0.25) is 0 Å². The first-order chi connectivity index (χ1) is 9.72. The summed E-state index contributed by atoms with van der Waals surface area (Å²) in [6.45, 7) is 0. The van der Waals surface area contributed by atoms with Crippen molar-refractivity contribution in [3.8, 4) is 0 Å². The summed E-state index contributed by atoms with van der Waals surface area (Å²) in [6.07, 6.45) is 9.87. The lowest BCUT2D eigenvalue weighted by molar-refractivity contribution is -0.677. The van der Waals surface area contributed by atoms with Crippen molar-refractivity contribution in [1.82, 2.24) is 9.97 Å². The van der Waals surface area contributed by atoms with Gasteiger partial charge in [0.1, 0.15) is 24.8 Å². The number of imidazole rings is 2. The molecule has 0 saturated carbocycles. The van der Waals surface area contributed by atoms with Gasteiger partial charge in [-0.25, -0.2) is 19.1 Å². The van der Waals surface area contributed by atoms with E-state index in [1.165, 1.54) is 22.8 Å². The molecule has 3 aromatic rings. The minimum atomic E-state index is 0.931.